The summed E-state index contributed by atoms with van der Waals surface area (Å²) in [5.74, 6) is 0.818. The lowest BCUT2D eigenvalue weighted by molar-refractivity contribution is 0.103. The molecule has 3 heteroatoms. The molecule has 0 bridgehead atoms. The minimum atomic E-state index is -0.505. The van der Waals surface area contributed by atoms with E-state index in [4.69, 9.17) is 11.6 Å². The second-order valence-electron chi connectivity index (χ2n) is 5.05. The Morgan fingerprint density at radius 2 is 2.06 bits per heavy atom. The number of rotatable bonds is 5. The van der Waals surface area contributed by atoms with Crippen LogP contribution < -0.4 is 0 Å². The van der Waals surface area contributed by atoms with Gasteiger partial charge < -0.3 is 10.0 Å². The zero-order chi connectivity index (χ0) is 12.4. The van der Waals surface area contributed by atoms with Crippen LogP contribution in [0.5, 0.6) is 0 Å². The van der Waals surface area contributed by atoms with Gasteiger partial charge in [-0.05, 0) is 38.8 Å². The van der Waals surface area contributed by atoms with Crippen LogP contribution >= 0.6 is 11.6 Å². The summed E-state index contributed by atoms with van der Waals surface area (Å²) in [4.78, 5) is 2.23. The van der Waals surface area contributed by atoms with Crippen LogP contribution in [0.2, 0.25) is 5.02 Å². The van der Waals surface area contributed by atoms with E-state index in [1.165, 1.54) is 12.8 Å². The van der Waals surface area contributed by atoms with Gasteiger partial charge >= 0.3 is 0 Å². The number of aliphatic hydroxyl groups excluding tert-OH is 1. The molecule has 17 heavy (non-hydrogen) atoms. The predicted molar refractivity (Wildman–Crippen MR) is 71.2 cm³/mol. The fourth-order valence-corrected chi connectivity index (χ4v) is 2.48. The minimum absolute atomic E-state index is 0.505. The molecular formula is C14H20ClNO. The Labute approximate surface area is 108 Å². The van der Waals surface area contributed by atoms with Gasteiger partial charge in [-0.3, -0.25) is 0 Å². The Kier molecular flexibility index (Phi) is 4.08. The molecule has 1 aromatic carbocycles. The van der Waals surface area contributed by atoms with E-state index in [2.05, 4.69) is 18.9 Å². The number of nitrogens with zero attached hydrogens (tertiary/aromatic N) is 1. The van der Waals surface area contributed by atoms with Crippen molar-refractivity contribution in [2.75, 3.05) is 13.6 Å². The zero-order valence-corrected chi connectivity index (χ0v) is 11.2. The van der Waals surface area contributed by atoms with Gasteiger partial charge in [0.1, 0.15) is 0 Å². The highest BCUT2D eigenvalue weighted by Crippen LogP contribution is 2.35. The number of hydrogen-bond acceptors (Lipinski definition) is 2. The molecule has 0 saturated heterocycles. The van der Waals surface area contributed by atoms with E-state index in [1.807, 2.05) is 24.3 Å². The first-order valence-corrected chi connectivity index (χ1v) is 6.60. The summed E-state index contributed by atoms with van der Waals surface area (Å²) in [6.07, 6.45) is 2.15. The van der Waals surface area contributed by atoms with E-state index in [9.17, 15) is 5.11 Å². The molecule has 1 fully saturated rings. The first-order chi connectivity index (χ1) is 8.09. The van der Waals surface area contributed by atoms with Gasteiger partial charge in [0.2, 0.25) is 0 Å². The fourth-order valence-electron chi connectivity index (χ4n) is 2.22. The highest BCUT2D eigenvalue weighted by molar-refractivity contribution is 6.31. The Hall–Kier alpha value is -0.570. The molecule has 2 rings (SSSR count). The van der Waals surface area contributed by atoms with Gasteiger partial charge in [0, 0.05) is 23.2 Å². The lowest BCUT2D eigenvalue weighted by Crippen LogP contribution is -2.34. The molecule has 2 atom stereocenters. The van der Waals surface area contributed by atoms with Crippen molar-refractivity contribution in [2.45, 2.75) is 31.9 Å². The van der Waals surface area contributed by atoms with Crippen LogP contribution in [0.3, 0.4) is 0 Å². The summed E-state index contributed by atoms with van der Waals surface area (Å²) >= 11 is 6.08. The molecule has 1 aliphatic rings. The van der Waals surface area contributed by atoms with Gasteiger partial charge in [-0.2, -0.15) is 0 Å². The maximum absolute atomic E-state index is 10.2. The molecule has 0 amide bonds. The smallest absolute Gasteiger partial charge is 0.0931 e. The Balaban J connectivity index is 1.96. The van der Waals surface area contributed by atoms with Crippen molar-refractivity contribution in [1.82, 2.24) is 4.90 Å². The molecule has 1 aromatic rings. The van der Waals surface area contributed by atoms with Gasteiger partial charge in [-0.1, -0.05) is 29.8 Å². The Bertz CT molecular complexity index is 378. The second-order valence-corrected chi connectivity index (χ2v) is 5.46. The molecule has 0 spiro atoms. The summed E-state index contributed by atoms with van der Waals surface area (Å²) in [7, 11) is 2.07. The Morgan fingerprint density at radius 3 is 2.65 bits per heavy atom. The molecule has 94 valence electrons. The van der Waals surface area contributed by atoms with E-state index in [0.717, 1.165) is 11.5 Å². The number of halogens is 1. The quantitative estimate of drug-likeness (QED) is 0.872. The zero-order valence-electron chi connectivity index (χ0n) is 10.4. The SMILES string of the molecule is CC(C1CC1)N(C)C[C@H](O)c1ccccc1Cl. The topological polar surface area (TPSA) is 23.5 Å². The fraction of sp³-hybridized carbons (Fsp3) is 0.571. The molecule has 1 aliphatic carbocycles. The summed E-state index contributed by atoms with van der Waals surface area (Å²) in [6, 6.07) is 8.06. The van der Waals surface area contributed by atoms with E-state index in [-0.39, 0.29) is 0 Å². The third-order valence-corrected chi connectivity index (χ3v) is 4.07. The largest absolute Gasteiger partial charge is 0.387 e. The third kappa shape index (κ3) is 3.21. The molecule has 0 radical (unpaired) electrons. The van der Waals surface area contributed by atoms with Crippen LogP contribution in [0.15, 0.2) is 24.3 Å². The molecule has 1 N–H and O–H groups in total. The summed E-state index contributed by atoms with van der Waals surface area (Å²) in [5, 5.41) is 10.8. The normalized spacial score (nSPS) is 19.4. The monoisotopic (exact) mass is 253 g/mol. The van der Waals surface area contributed by atoms with Crippen LogP contribution in [0, 0.1) is 5.92 Å². The second kappa shape index (κ2) is 5.38. The van der Waals surface area contributed by atoms with Crippen molar-refractivity contribution in [3.05, 3.63) is 34.9 Å². The van der Waals surface area contributed by atoms with Crippen molar-refractivity contribution in [2.24, 2.45) is 5.92 Å². The number of benzene rings is 1. The standard InChI is InChI=1S/C14H20ClNO/c1-10(11-7-8-11)16(2)9-14(17)12-5-3-4-6-13(12)15/h3-6,10-11,14,17H,7-9H2,1-2H3/t10?,14-/m0/s1. The number of likely N-dealkylation sites (N-methyl/N-ethyl adjacent to an activating group) is 1. The first-order valence-electron chi connectivity index (χ1n) is 6.22. The molecule has 0 aliphatic heterocycles. The average Bonchev–Trinajstić information content (AvgIpc) is 3.12. The number of hydrogen-bond donors (Lipinski definition) is 1. The van der Waals surface area contributed by atoms with E-state index < -0.39 is 6.10 Å². The van der Waals surface area contributed by atoms with E-state index in [1.54, 1.807) is 0 Å². The molecule has 0 aromatic heterocycles. The molecule has 2 nitrogen and oxygen atoms in total. The predicted octanol–water partition coefficient (Wildman–Crippen LogP) is 3.10. The maximum Gasteiger partial charge on any atom is 0.0931 e. The van der Waals surface area contributed by atoms with Gasteiger partial charge in [0.15, 0.2) is 0 Å². The van der Waals surface area contributed by atoms with Crippen LogP contribution in [-0.4, -0.2) is 29.6 Å². The van der Waals surface area contributed by atoms with Gasteiger partial charge in [-0.15, -0.1) is 0 Å². The summed E-state index contributed by atoms with van der Waals surface area (Å²) < 4.78 is 0. The van der Waals surface area contributed by atoms with Crippen molar-refractivity contribution in [1.29, 1.82) is 0 Å². The van der Waals surface area contributed by atoms with Crippen molar-refractivity contribution < 1.29 is 5.11 Å². The van der Waals surface area contributed by atoms with Crippen LogP contribution in [0.25, 0.3) is 0 Å². The molecule has 1 saturated carbocycles. The molecular weight excluding hydrogens is 234 g/mol. The highest BCUT2D eigenvalue weighted by Gasteiger charge is 2.31. The lowest BCUT2D eigenvalue weighted by atomic mass is 10.1. The summed E-state index contributed by atoms with van der Waals surface area (Å²) in [5.41, 5.74) is 0.823. The first kappa shape index (κ1) is 12.9. The van der Waals surface area contributed by atoms with Crippen molar-refractivity contribution in [3.63, 3.8) is 0 Å². The van der Waals surface area contributed by atoms with Crippen LogP contribution in [0.4, 0.5) is 0 Å². The van der Waals surface area contributed by atoms with Crippen molar-refractivity contribution >= 4 is 11.6 Å². The maximum atomic E-state index is 10.2. The molecule has 0 heterocycles. The number of aliphatic hydroxyl groups is 1. The van der Waals surface area contributed by atoms with E-state index in [0.29, 0.717) is 17.6 Å². The highest BCUT2D eigenvalue weighted by atomic mass is 35.5. The van der Waals surface area contributed by atoms with Crippen LogP contribution in [0.1, 0.15) is 31.4 Å². The average molecular weight is 254 g/mol. The van der Waals surface area contributed by atoms with Gasteiger partial charge in [0.25, 0.3) is 0 Å². The van der Waals surface area contributed by atoms with E-state index >= 15 is 0 Å². The Morgan fingerprint density at radius 1 is 1.41 bits per heavy atom. The minimum Gasteiger partial charge on any atom is -0.387 e. The lowest BCUT2D eigenvalue weighted by Gasteiger charge is -2.27. The van der Waals surface area contributed by atoms with Gasteiger partial charge in [-0.25, -0.2) is 0 Å². The van der Waals surface area contributed by atoms with Crippen LogP contribution in [-0.2, 0) is 0 Å². The van der Waals surface area contributed by atoms with Crippen molar-refractivity contribution in [3.8, 4) is 0 Å². The summed E-state index contributed by atoms with van der Waals surface area (Å²) in [6.45, 7) is 2.87. The molecule has 1 unspecified atom stereocenters. The van der Waals surface area contributed by atoms with Gasteiger partial charge in [0.05, 0.1) is 6.10 Å². The third-order valence-electron chi connectivity index (χ3n) is 3.72.